The highest BCUT2D eigenvalue weighted by atomic mass is 19.1. The van der Waals surface area contributed by atoms with Gasteiger partial charge in [-0.05, 0) is 55.8 Å². The third kappa shape index (κ3) is 5.50. The number of urea groups is 1. The summed E-state index contributed by atoms with van der Waals surface area (Å²) in [5.74, 6) is 1.01. The largest absolute Gasteiger partial charge is 0.378 e. The van der Waals surface area contributed by atoms with Crippen molar-refractivity contribution in [3.63, 3.8) is 0 Å². The van der Waals surface area contributed by atoms with Crippen molar-refractivity contribution in [3.8, 4) is 0 Å². The van der Waals surface area contributed by atoms with E-state index >= 15 is 0 Å². The molecule has 0 bridgehead atoms. The summed E-state index contributed by atoms with van der Waals surface area (Å²) in [4.78, 5) is 23.4. The summed E-state index contributed by atoms with van der Waals surface area (Å²) >= 11 is 0. The molecule has 1 aliphatic rings. The van der Waals surface area contributed by atoms with E-state index < -0.39 is 6.03 Å². The standard InChI is InChI=1S/C23H25FN6O2/c1-15-3-4-19(14-20(15)24)28-23(31)27-18-7-5-17(6-8-18)26-21-13-16(2)25-22(29-21)30-9-11-32-12-10-30/h3-8,13-14H,9-12H2,1-2H3,(H,25,26,29)(H2,27,28,31). The summed E-state index contributed by atoms with van der Waals surface area (Å²) in [5, 5.41) is 8.63. The van der Waals surface area contributed by atoms with Crippen molar-refractivity contribution in [2.45, 2.75) is 13.8 Å². The third-order valence-corrected chi connectivity index (χ3v) is 4.98. The summed E-state index contributed by atoms with van der Waals surface area (Å²) in [7, 11) is 0. The van der Waals surface area contributed by atoms with Crippen molar-refractivity contribution in [1.82, 2.24) is 9.97 Å². The van der Waals surface area contributed by atoms with Gasteiger partial charge in [0.05, 0.1) is 13.2 Å². The zero-order chi connectivity index (χ0) is 22.5. The number of morpholine rings is 1. The number of anilines is 5. The van der Waals surface area contributed by atoms with Gasteiger partial charge in [-0.2, -0.15) is 4.98 Å². The molecule has 1 aliphatic heterocycles. The van der Waals surface area contributed by atoms with Gasteiger partial charge in [0.1, 0.15) is 11.6 Å². The quantitative estimate of drug-likeness (QED) is 0.547. The van der Waals surface area contributed by atoms with Crippen molar-refractivity contribution in [2.75, 3.05) is 47.2 Å². The summed E-state index contributed by atoms with van der Waals surface area (Å²) in [6.45, 7) is 6.46. The lowest BCUT2D eigenvalue weighted by molar-refractivity contribution is 0.122. The Kier molecular flexibility index (Phi) is 6.46. The van der Waals surface area contributed by atoms with Crippen molar-refractivity contribution in [1.29, 1.82) is 0 Å². The maximum absolute atomic E-state index is 13.6. The Morgan fingerprint density at radius 2 is 1.59 bits per heavy atom. The number of aromatic nitrogens is 2. The molecule has 1 saturated heterocycles. The molecule has 2 aromatic carbocycles. The molecule has 0 aliphatic carbocycles. The highest BCUT2D eigenvalue weighted by molar-refractivity contribution is 5.99. The maximum Gasteiger partial charge on any atom is 0.323 e. The molecule has 2 amide bonds. The van der Waals surface area contributed by atoms with Crippen LogP contribution in [0.4, 0.5) is 38.0 Å². The van der Waals surface area contributed by atoms with Gasteiger partial charge in [-0.15, -0.1) is 0 Å². The second-order valence-electron chi connectivity index (χ2n) is 7.54. The first-order valence-electron chi connectivity index (χ1n) is 10.4. The number of carbonyl (C=O) groups excluding carboxylic acids is 1. The fourth-order valence-electron chi connectivity index (χ4n) is 3.27. The van der Waals surface area contributed by atoms with Gasteiger partial charge >= 0.3 is 6.03 Å². The molecule has 0 saturated carbocycles. The topological polar surface area (TPSA) is 91.4 Å². The Balaban J connectivity index is 1.38. The van der Waals surface area contributed by atoms with Crippen molar-refractivity contribution in [2.24, 2.45) is 0 Å². The Morgan fingerprint density at radius 1 is 0.938 bits per heavy atom. The number of nitrogens with zero attached hydrogens (tertiary/aromatic N) is 3. The molecule has 9 heteroatoms. The van der Waals surface area contributed by atoms with Crippen LogP contribution in [0, 0.1) is 19.7 Å². The van der Waals surface area contributed by atoms with Gasteiger partial charge in [-0.1, -0.05) is 6.07 Å². The van der Waals surface area contributed by atoms with Crippen molar-refractivity contribution in [3.05, 3.63) is 65.6 Å². The van der Waals surface area contributed by atoms with E-state index in [0.717, 1.165) is 24.5 Å². The monoisotopic (exact) mass is 436 g/mol. The molecule has 0 radical (unpaired) electrons. The molecule has 2 heterocycles. The van der Waals surface area contributed by atoms with Crippen molar-refractivity contribution >= 4 is 34.9 Å². The van der Waals surface area contributed by atoms with Crippen LogP contribution < -0.4 is 20.9 Å². The van der Waals surface area contributed by atoms with Gasteiger partial charge < -0.3 is 25.6 Å². The first kappa shape index (κ1) is 21.5. The second-order valence-corrected chi connectivity index (χ2v) is 7.54. The Hall–Kier alpha value is -3.72. The molecule has 1 aromatic heterocycles. The number of rotatable bonds is 5. The molecule has 0 atom stereocenters. The highest BCUT2D eigenvalue weighted by Gasteiger charge is 2.15. The van der Waals surface area contributed by atoms with E-state index in [0.29, 0.717) is 41.9 Å². The van der Waals surface area contributed by atoms with Crippen LogP contribution in [0.1, 0.15) is 11.3 Å². The molecule has 32 heavy (non-hydrogen) atoms. The SMILES string of the molecule is Cc1cc(Nc2ccc(NC(=O)Nc3ccc(C)c(F)c3)cc2)nc(N2CCOCC2)n1. The molecule has 0 spiro atoms. The average molecular weight is 436 g/mol. The molecule has 4 rings (SSSR count). The zero-order valence-electron chi connectivity index (χ0n) is 18.0. The first-order chi connectivity index (χ1) is 15.5. The fourth-order valence-corrected chi connectivity index (χ4v) is 3.27. The van der Waals surface area contributed by atoms with Gasteiger partial charge in [-0.3, -0.25) is 0 Å². The number of aryl methyl sites for hydroxylation is 2. The predicted molar refractivity (Wildman–Crippen MR) is 123 cm³/mol. The molecule has 166 valence electrons. The normalized spacial score (nSPS) is 13.5. The molecule has 3 N–H and O–H groups in total. The lowest BCUT2D eigenvalue weighted by Crippen LogP contribution is -2.37. The number of ether oxygens (including phenoxy) is 1. The molecular weight excluding hydrogens is 411 g/mol. The van der Waals surface area contributed by atoms with Crippen LogP contribution in [-0.2, 0) is 4.74 Å². The smallest absolute Gasteiger partial charge is 0.323 e. The predicted octanol–water partition coefficient (Wildman–Crippen LogP) is 4.46. The van der Waals surface area contributed by atoms with Gasteiger partial charge in [0.2, 0.25) is 5.95 Å². The van der Waals surface area contributed by atoms with E-state index in [1.807, 2.05) is 25.1 Å². The first-order valence-corrected chi connectivity index (χ1v) is 10.4. The highest BCUT2D eigenvalue weighted by Crippen LogP contribution is 2.21. The Labute approximate surface area is 185 Å². The number of halogens is 1. The average Bonchev–Trinajstić information content (AvgIpc) is 2.78. The minimum atomic E-state index is -0.449. The van der Waals surface area contributed by atoms with Gasteiger partial charge in [0, 0.05) is 41.9 Å². The molecule has 1 fully saturated rings. The number of carbonyl (C=O) groups is 1. The van der Waals surface area contributed by atoms with E-state index in [4.69, 9.17) is 4.74 Å². The van der Waals surface area contributed by atoms with Crippen LogP contribution in [0.5, 0.6) is 0 Å². The summed E-state index contributed by atoms with van der Waals surface area (Å²) in [5.41, 5.74) is 3.21. The summed E-state index contributed by atoms with van der Waals surface area (Å²) in [6.07, 6.45) is 0. The van der Waals surface area contributed by atoms with Crippen LogP contribution in [0.15, 0.2) is 48.5 Å². The summed E-state index contributed by atoms with van der Waals surface area (Å²) < 4.78 is 19.0. The lowest BCUT2D eigenvalue weighted by Gasteiger charge is -2.27. The number of hydrogen-bond donors (Lipinski definition) is 3. The minimum absolute atomic E-state index is 0.366. The second kappa shape index (κ2) is 9.61. The minimum Gasteiger partial charge on any atom is -0.378 e. The van der Waals surface area contributed by atoms with Crippen LogP contribution in [-0.4, -0.2) is 42.3 Å². The zero-order valence-corrected chi connectivity index (χ0v) is 18.0. The maximum atomic E-state index is 13.6. The molecular formula is C23H25FN6O2. The number of amides is 2. The van der Waals surface area contributed by atoms with Crippen LogP contribution >= 0.6 is 0 Å². The van der Waals surface area contributed by atoms with Crippen LogP contribution in [0.3, 0.4) is 0 Å². The number of hydrogen-bond acceptors (Lipinski definition) is 6. The lowest BCUT2D eigenvalue weighted by atomic mass is 10.2. The molecule has 8 nitrogen and oxygen atoms in total. The van der Waals surface area contributed by atoms with Gasteiger partial charge in [0.15, 0.2) is 0 Å². The van der Waals surface area contributed by atoms with E-state index in [9.17, 15) is 9.18 Å². The Morgan fingerprint density at radius 3 is 2.31 bits per heavy atom. The van der Waals surface area contributed by atoms with Crippen LogP contribution in [0.2, 0.25) is 0 Å². The summed E-state index contributed by atoms with van der Waals surface area (Å²) in [6, 6.07) is 13.2. The van der Waals surface area contributed by atoms with E-state index in [1.54, 1.807) is 31.2 Å². The number of benzene rings is 2. The van der Waals surface area contributed by atoms with Crippen molar-refractivity contribution < 1.29 is 13.9 Å². The van der Waals surface area contributed by atoms with E-state index in [2.05, 4.69) is 30.8 Å². The number of nitrogens with one attached hydrogen (secondary N) is 3. The van der Waals surface area contributed by atoms with E-state index in [1.165, 1.54) is 6.07 Å². The Bertz CT molecular complexity index is 1100. The molecule has 0 unspecified atom stereocenters. The van der Waals surface area contributed by atoms with Gasteiger partial charge in [0.25, 0.3) is 0 Å². The fraction of sp³-hybridized carbons (Fsp3) is 0.261. The third-order valence-electron chi connectivity index (χ3n) is 4.98. The van der Waals surface area contributed by atoms with Gasteiger partial charge in [-0.25, -0.2) is 14.2 Å². The van der Waals surface area contributed by atoms with Crippen LogP contribution in [0.25, 0.3) is 0 Å². The molecule has 3 aromatic rings. The van der Waals surface area contributed by atoms with E-state index in [-0.39, 0.29) is 5.82 Å².